The van der Waals surface area contributed by atoms with Crippen LogP contribution in [0.3, 0.4) is 0 Å². The van der Waals surface area contributed by atoms with Crippen LogP contribution >= 0.6 is 0 Å². The molecule has 0 spiro atoms. The number of carbonyl (C=O) groups is 1. The standard InChI is InChI=1S/C15H22N2O3/c1-11(2)20-13-6-4-3-5-12(13)9-17-15(18)14-10-16-7-8-19-14/h3-6,11,14,16H,7-10H2,1-2H3,(H,17,18). The van der Waals surface area contributed by atoms with Gasteiger partial charge in [0, 0.05) is 25.2 Å². The first-order valence-electron chi connectivity index (χ1n) is 7.01. The van der Waals surface area contributed by atoms with E-state index in [1.165, 1.54) is 0 Å². The molecule has 1 amide bonds. The van der Waals surface area contributed by atoms with Gasteiger partial charge in [-0.3, -0.25) is 4.79 Å². The molecule has 1 atom stereocenters. The lowest BCUT2D eigenvalue weighted by atomic mass is 10.2. The Balaban J connectivity index is 1.91. The van der Waals surface area contributed by atoms with Crippen molar-refractivity contribution in [3.63, 3.8) is 0 Å². The highest BCUT2D eigenvalue weighted by atomic mass is 16.5. The quantitative estimate of drug-likeness (QED) is 0.846. The molecule has 2 rings (SSSR count). The van der Waals surface area contributed by atoms with Crippen molar-refractivity contribution in [2.45, 2.75) is 32.6 Å². The molecule has 1 saturated heterocycles. The van der Waals surface area contributed by atoms with Gasteiger partial charge < -0.3 is 20.1 Å². The van der Waals surface area contributed by atoms with Gasteiger partial charge in [-0.15, -0.1) is 0 Å². The molecule has 1 aromatic carbocycles. The zero-order chi connectivity index (χ0) is 14.4. The molecule has 0 radical (unpaired) electrons. The largest absolute Gasteiger partial charge is 0.491 e. The van der Waals surface area contributed by atoms with Crippen LogP contribution in [0.5, 0.6) is 5.75 Å². The van der Waals surface area contributed by atoms with Gasteiger partial charge in [-0.25, -0.2) is 0 Å². The predicted molar refractivity (Wildman–Crippen MR) is 76.7 cm³/mol. The van der Waals surface area contributed by atoms with Crippen molar-refractivity contribution in [3.8, 4) is 5.75 Å². The van der Waals surface area contributed by atoms with Crippen LogP contribution in [0.2, 0.25) is 0 Å². The summed E-state index contributed by atoms with van der Waals surface area (Å²) in [5.41, 5.74) is 0.971. The topological polar surface area (TPSA) is 59.6 Å². The average Bonchev–Trinajstić information content (AvgIpc) is 2.46. The number of para-hydroxylation sites is 1. The Morgan fingerprint density at radius 2 is 2.30 bits per heavy atom. The Bertz CT molecular complexity index is 442. The number of rotatable bonds is 5. The predicted octanol–water partition coefficient (Wildman–Crippen LogP) is 1.08. The van der Waals surface area contributed by atoms with Crippen molar-refractivity contribution in [1.82, 2.24) is 10.6 Å². The zero-order valence-electron chi connectivity index (χ0n) is 12.0. The fraction of sp³-hybridized carbons (Fsp3) is 0.533. The molecule has 0 aromatic heterocycles. The number of nitrogens with one attached hydrogen (secondary N) is 2. The molecule has 0 aliphatic carbocycles. The Hall–Kier alpha value is -1.59. The van der Waals surface area contributed by atoms with E-state index in [2.05, 4.69) is 10.6 Å². The van der Waals surface area contributed by atoms with E-state index >= 15 is 0 Å². The normalized spacial score (nSPS) is 18.9. The summed E-state index contributed by atoms with van der Waals surface area (Å²) in [5, 5.41) is 6.04. The van der Waals surface area contributed by atoms with Gasteiger partial charge in [-0.1, -0.05) is 18.2 Å². The van der Waals surface area contributed by atoms with Crippen LogP contribution in [0, 0.1) is 0 Å². The highest BCUT2D eigenvalue weighted by Gasteiger charge is 2.21. The first-order chi connectivity index (χ1) is 9.66. The molecular weight excluding hydrogens is 256 g/mol. The zero-order valence-corrected chi connectivity index (χ0v) is 12.0. The molecule has 20 heavy (non-hydrogen) atoms. The number of hydrogen-bond acceptors (Lipinski definition) is 4. The minimum absolute atomic E-state index is 0.0865. The highest BCUT2D eigenvalue weighted by Crippen LogP contribution is 2.19. The number of morpholine rings is 1. The summed E-state index contributed by atoms with van der Waals surface area (Å²) in [6, 6.07) is 7.74. The van der Waals surface area contributed by atoms with E-state index in [1.807, 2.05) is 38.1 Å². The average molecular weight is 278 g/mol. The third-order valence-electron chi connectivity index (χ3n) is 3.01. The van der Waals surface area contributed by atoms with Crippen molar-refractivity contribution in [2.75, 3.05) is 19.7 Å². The van der Waals surface area contributed by atoms with Crippen LogP contribution in [0.25, 0.3) is 0 Å². The smallest absolute Gasteiger partial charge is 0.250 e. The summed E-state index contributed by atoms with van der Waals surface area (Å²) >= 11 is 0. The third-order valence-corrected chi connectivity index (χ3v) is 3.01. The van der Waals surface area contributed by atoms with Crippen LogP contribution in [0.1, 0.15) is 19.4 Å². The first kappa shape index (κ1) is 14.8. The second kappa shape index (κ2) is 7.26. The minimum atomic E-state index is -0.401. The number of ether oxygens (including phenoxy) is 2. The van der Waals surface area contributed by atoms with Crippen molar-refractivity contribution >= 4 is 5.91 Å². The van der Waals surface area contributed by atoms with Gasteiger partial charge in [0.15, 0.2) is 0 Å². The van der Waals surface area contributed by atoms with Crippen LogP contribution in [-0.2, 0) is 16.1 Å². The van der Waals surface area contributed by atoms with Gasteiger partial charge in [0.1, 0.15) is 11.9 Å². The highest BCUT2D eigenvalue weighted by molar-refractivity contribution is 5.81. The Morgan fingerprint density at radius 1 is 1.50 bits per heavy atom. The van der Waals surface area contributed by atoms with Crippen molar-refractivity contribution in [3.05, 3.63) is 29.8 Å². The van der Waals surface area contributed by atoms with E-state index in [4.69, 9.17) is 9.47 Å². The van der Waals surface area contributed by atoms with Crippen LogP contribution in [-0.4, -0.2) is 37.8 Å². The molecule has 1 aromatic rings. The monoisotopic (exact) mass is 278 g/mol. The molecule has 2 N–H and O–H groups in total. The summed E-state index contributed by atoms with van der Waals surface area (Å²) in [6.45, 7) is 6.35. The third kappa shape index (κ3) is 4.21. The Kier molecular flexibility index (Phi) is 5.38. The van der Waals surface area contributed by atoms with Crippen molar-refractivity contribution < 1.29 is 14.3 Å². The van der Waals surface area contributed by atoms with Crippen molar-refractivity contribution in [1.29, 1.82) is 0 Å². The maximum atomic E-state index is 12.0. The summed E-state index contributed by atoms with van der Waals surface area (Å²) < 4.78 is 11.1. The number of carbonyl (C=O) groups excluding carboxylic acids is 1. The first-order valence-corrected chi connectivity index (χ1v) is 7.01. The maximum absolute atomic E-state index is 12.0. The summed E-state index contributed by atoms with van der Waals surface area (Å²) in [6.07, 6.45) is -0.292. The molecule has 110 valence electrons. The van der Waals surface area contributed by atoms with E-state index in [1.54, 1.807) is 0 Å². The van der Waals surface area contributed by atoms with E-state index in [9.17, 15) is 4.79 Å². The number of amides is 1. The van der Waals surface area contributed by atoms with Crippen LogP contribution < -0.4 is 15.4 Å². The molecule has 1 unspecified atom stereocenters. The molecule has 1 fully saturated rings. The van der Waals surface area contributed by atoms with Crippen LogP contribution in [0.15, 0.2) is 24.3 Å². The minimum Gasteiger partial charge on any atom is -0.491 e. The molecular formula is C15H22N2O3. The van der Waals surface area contributed by atoms with E-state index in [0.29, 0.717) is 19.7 Å². The number of benzene rings is 1. The summed E-state index contributed by atoms with van der Waals surface area (Å²) in [7, 11) is 0. The van der Waals surface area contributed by atoms with Gasteiger partial charge >= 0.3 is 0 Å². The molecule has 0 bridgehead atoms. The lowest BCUT2D eigenvalue weighted by Gasteiger charge is -2.23. The molecule has 5 heteroatoms. The van der Waals surface area contributed by atoms with E-state index in [0.717, 1.165) is 17.9 Å². The van der Waals surface area contributed by atoms with Crippen LogP contribution in [0.4, 0.5) is 0 Å². The molecule has 1 aliphatic rings. The second-order valence-corrected chi connectivity index (χ2v) is 5.06. The molecule has 1 heterocycles. The molecule has 0 saturated carbocycles. The Morgan fingerprint density at radius 3 is 3.00 bits per heavy atom. The SMILES string of the molecule is CC(C)Oc1ccccc1CNC(=O)C1CNCCO1. The lowest BCUT2D eigenvalue weighted by molar-refractivity contribution is -0.134. The van der Waals surface area contributed by atoms with Gasteiger partial charge in [0.2, 0.25) is 0 Å². The van der Waals surface area contributed by atoms with E-state index in [-0.39, 0.29) is 12.0 Å². The summed E-state index contributed by atoms with van der Waals surface area (Å²) in [5.74, 6) is 0.724. The van der Waals surface area contributed by atoms with Gasteiger partial charge in [0.05, 0.1) is 12.7 Å². The fourth-order valence-electron chi connectivity index (χ4n) is 2.05. The van der Waals surface area contributed by atoms with Crippen molar-refractivity contribution in [2.24, 2.45) is 0 Å². The van der Waals surface area contributed by atoms with Gasteiger partial charge in [-0.2, -0.15) is 0 Å². The molecule has 1 aliphatic heterocycles. The fourth-order valence-corrected chi connectivity index (χ4v) is 2.05. The number of hydrogen-bond donors (Lipinski definition) is 2. The summed E-state index contributed by atoms with van der Waals surface area (Å²) in [4.78, 5) is 12.0. The second-order valence-electron chi connectivity index (χ2n) is 5.06. The Labute approximate surface area is 119 Å². The van der Waals surface area contributed by atoms with Gasteiger partial charge in [-0.05, 0) is 19.9 Å². The van der Waals surface area contributed by atoms with E-state index < -0.39 is 6.10 Å². The maximum Gasteiger partial charge on any atom is 0.250 e. The lowest BCUT2D eigenvalue weighted by Crippen LogP contribution is -2.47. The molecule has 5 nitrogen and oxygen atoms in total. The van der Waals surface area contributed by atoms with Gasteiger partial charge in [0.25, 0.3) is 5.91 Å².